The molecule has 5 rings (SSSR count). The molecule has 144 valence electrons. The van der Waals surface area contributed by atoms with Gasteiger partial charge in [0.2, 0.25) is 5.78 Å². The molecule has 0 N–H and O–H groups in total. The summed E-state index contributed by atoms with van der Waals surface area (Å²) in [4.78, 5) is 16.0. The van der Waals surface area contributed by atoms with Gasteiger partial charge in [-0.3, -0.25) is 9.20 Å². The molecule has 3 heterocycles. The number of nitrogens with zero attached hydrogens (tertiary/aromatic N) is 4. The number of benzene rings is 1. The average molecular weight is 393 g/mol. The Morgan fingerprint density at radius 2 is 1.93 bits per heavy atom. The molecule has 5 nitrogen and oxygen atoms in total. The van der Waals surface area contributed by atoms with Gasteiger partial charge in [-0.25, -0.2) is 4.57 Å². The smallest absolute Gasteiger partial charge is 0.268 e. The van der Waals surface area contributed by atoms with Gasteiger partial charge in [-0.15, -0.1) is 21.5 Å². The molecule has 4 aromatic rings. The molecule has 1 aliphatic carbocycles. The predicted molar refractivity (Wildman–Crippen MR) is 114 cm³/mol. The molecule has 1 aliphatic rings. The first-order valence-corrected chi connectivity index (χ1v) is 10.6. The maximum Gasteiger partial charge on any atom is 0.268 e. The molecule has 0 saturated carbocycles. The van der Waals surface area contributed by atoms with Crippen LogP contribution < -0.4 is 5.56 Å². The van der Waals surface area contributed by atoms with E-state index in [1.54, 1.807) is 22.2 Å². The van der Waals surface area contributed by atoms with Gasteiger partial charge in [-0.1, -0.05) is 38.5 Å². The summed E-state index contributed by atoms with van der Waals surface area (Å²) in [5.41, 5.74) is 3.53. The molecule has 0 aliphatic heterocycles. The Morgan fingerprint density at radius 1 is 1.18 bits per heavy atom. The van der Waals surface area contributed by atoms with Crippen molar-refractivity contribution >= 4 is 27.3 Å². The van der Waals surface area contributed by atoms with Crippen molar-refractivity contribution in [2.45, 2.75) is 47.0 Å². The van der Waals surface area contributed by atoms with E-state index in [1.165, 1.54) is 10.4 Å². The van der Waals surface area contributed by atoms with Gasteiger partial charge in [0.1, 0.15) is 11.2 Å². The molecule has 3 aromatic heterocycles. The van der Waals surface area contributed by atoms with Gasteiger partial charge in [-0.2, -0.15) is 0 Å². The van der Waals surface area contributed by atoms with Crippen LogP contribution in [-0.2, 0) is 12.8 Å². The van der Waals surface area contributed by atoms with Crippen molar-refractivity contribution in [2.75, 3.05) is 0 Å². The van der Waals surface area contributed by atoms with Crippen molar-refractivity contribution in [3.8, 4) is 5.69 Å². The monoisotopic (exact) mass is 392 g/mol. The number of thiophene rings is 1. The zero-order chi connectivity index (χ0) is 19.6. The largest absolute Gasteiger partial charge is 0.268 e. The molecule has 0 bridgehead atoms. The number of aryl methyl sites for hydroxylation is 2. The second kappa shape index (κ2) is 6.01. The van der Waals surface area contributed by atoms with Crippen molar-refractivity contribution < 1.29 is 0 Å². The van der Waals surface area contributed by atoms with E-state index in [-0.39, 0.29) is 11.0 Å². The number of rotatable bonds is 1. The lowest BCUT2D eigenvalue weighted by atomic mass is 9.72. The molecule has 0 amide bonds. The molecule has 1 aromatic carbocycles. The zero-order valence-electron chi connectivity index (χ0n) is 16.7. The molecule has 0 saturated heterocycles. The fourth-order valence-electron chi connectivity index (χ4n) is 4.35. The van der Waals surface area contributed by atoms with Crippen LogP contribution in [0.4, 0.5) is 0 Å². The van der Waals surface area contributed by atoms with Crippen molar-refractivity contribution in [3.63, 3.8) is 0 Å². The molecule has 0 radical (unpaired) electrons. The predicted octanol–water partition coefficient (Wildman–Crippen LogP) is 4.55. The van der Waals surface area contributed by atoms with E-state index in [2.05, 4.69) is 31.0 Å². The van der Waals surface area contributed by atoms with Crippen molar-refractivity contribution in [3.05, 3.63) is 57.0 Å². The van der Waals surface area contributed by atoms with Crippen molar-refractivity contribution in [2.24, 2.45) is 11.3 Å². The number of hydrogen-bond acceptors (Lipinski definition) is 4. The van der Waals surface area contributed by atoms with E-state index in [9.17, 15) is 4.79 Å². The lowest BCUT2D eigenvalue weighted by Crippen LogP contribution is -2.27. The second-order valence-electron chi connectivity index (χ2n) is 8.97. The first-order valence-electron chi connectivity index (χ1n) is 9.80. The van der Waals surface area contributed by atoms with Crippen LogP contribution in [0.25, 0.3) is 21.7 Å². The Labute approximate surface area is 167 Å². The highest BCUT2D eigenvalue weighted by Gasteiger charge is 2.32. The molecule has 0 unspecified atom stereocenters. The van der Waals surface area contributed by atoms with Crippen molar-refractivity contribution in [1.29, 1.82) is 0 Å². The highest BCUT2D eigenvalue weighted by Crippen LogP contribution is 2.42. The highest BCUT2D eigenvalue weighted by atomic mass is 32.1. The lowest BCUT2D eigenvalue weighted by molar-refractivity contribution is 0.218. The van der Waals surface area contributed by atoms with Gasteiger partial charge in [0.05, 0.1) is 11.1 Å². The quantitative estimate of drug-likeness (QED) is 0.477. The summed E-state index contributed by atoms with van der Waals surface area (Å²) in [5.74, 6) is 1.22. The SMILES string of the molecule is Cc1ccc(-n2c(=O)c3c4c(sc3n3cnnc23)C[C@@H](C(C)(C)C)CC4)cc1. The van der Waals surface area contributed by atoms with Gasteiger partial charge in [0, 0.05) is 4.88 Å². The third-order valence-corrected chi connectivity index (χ3v) is 7.38. The van der Waals surface area contributed by atoms with Crippen LogP contribution in [0.2, 0.25) is 0 Å². The molecule has 0 spiro atoms. The minimum absolute atomic E-state index is 0.0195. The number of fused-ring (bicyclic) bond motifs is 5. The number of aromatic nitrogens is 4. The maximum atomic E-state index is 13.6. The number of hydrogen-bond donors (Lipinski definition) is 0. The minimum Gasteiger partial charge on any atom is -0.268 e. The van der Waals surface area contributed by atoms with Crippen LogP contribution in [0, 0.1) is 18.3 Å². The molecular formula is C22H24N4OS. The highest BCUT2D eigenvalue weighted by molar-refractivity contribution is 7.18. The maximum absolute atomic E-state index is 13.6. The lowest BCUT2D eigenvalue weighted by Gasteiger charge is -2.33. The van der Waals surface area contributed by atoms with Crippen LogP contribution in [0.15, 0.2) is 35.4 Å². The Kier molecular flexibility index (Phi) is 3.78. The summed E-state index contributed by atoms with van der Waals surface area (Å²) < 4.78 is 3.68. The van der Waals surface area contributed by atoms with Gasteiger partial charge >= 0.3 is 0 Å². The van der Waals surface area contributed by atoms with Crippen LogP contribution in [0.1, 0.15) is 43.2 Å². The Bertz CT molecular complexity index is 1250. The summed E-state index contributed by atoms with van der Waals surface area (Å²) >= 11 is 1.74. The third-order valence-electron chi connectivity index (χ3n) is 6.13. The fraction of sp³-hybridized carbons (Fsp3) is 0.409. The summed E-state index contributed by atoms with van der Waals surface area (Å²) in [6.45, 7) is 9.00. The first-order chi connectivity index (χ1) is 13.3. The van der Waals surface area contributed by atoms with Gasteiger partial charge in [-0.05, 0) is 55.2 Å². The third kappa shape index (κ3) is 2.54. The topological polar surface area (TPSA) is 52.2 Å². The van der Waals surface area contributed by atoms with Gasteiger partial charge in [0.25, 0.3) is 5.56 Å². The summed E-state index contributed by atoms with van der Waals surface area (Å²) in [5, 5.41) is 9.24. The molecule has 6 heteroatoms. The standard InChI is InChI=1S/C22H24N4OS/c1-13-5-8-15(9-6-13)26-19(27)18-16-10-7-14(22(2,3)4)11-17(16)28-20(18)25-12-23-24-21(25)26/h5-6,8-9,12,14H,7,10-11H2,1-4H3/t14-/m0/s1. The minimum atomic E-state index is 0.0195. The molecule has 28 heavy (non-hydrogen) atoms. The van der Waals surface area contributed by atoms with Crippen LogP contribution in [-0.4, -0.2) is 19.2 Å². The van der Waals surface area contributed by atoms with Gasteiger partial charge < -0.3 is 0 Å². The van der Waals surface area contributed by atoms with Crippen LogP contribution in [0.5, 0.6) is 0 Å². The summed E-state index contributed by atoms with van der Waals surface area (Å²) in [6.07, 6.45) is 4.87. The zero-order valence-corrected chi connectivity index (χ0v) is 17.5. The van der Waals surface area contributed by atoms with Crippen LogP contribution >= 0.6 is 11.3 Å². The Hall–Kier alpha value is -2.47. The van der Waals surface area contributed by atoms with E-state index in [0.29, 0.717) is 11.7 Å². The fourth-order valence-corrected chi connectivity index (χ4v) is 5.74. The second-order valence-corrected chi connectivity index (χ2v) is 10.1. The van der Waals surface area contributed by atoms with E-state index < -0.39 is 0 Å². The average Bonchev–Trinajstić information content (AvgIpc) is 3.26. The Balaban J connectivity index is 1.80. The van der Waals surface area contributed by atoms with E-state index >= 15 is 0 Å². The molecule has 1 atom stereocenters. The van der Waals surface area contributed by atoms with Crippen LogP contribution in [0.3, 0.4) is 0 Å². The normalized spacial score (nSPS) is 17.4. The summed E-state index contributed by atoms with van der Waals surface area (Å²) in [6, 6.07) is 8.00. The van der Waals surface area contributed by atoms with E-state index in [4.69, 9.17) is 0 Å². The molecule has 0 fully saturated rings. The van der Waals surface area contributed by atoms with E-state index in [1.807, 2.05) is 35.6 Å². The Morgan fingerprint density at radius 3 is 2.64 bits per heavy atom. The first kappa shape index (κ1) is 17.6. The summed E-state index contributed by atoms with van der Waals surface area (Å²) in [7, 11) is 0. The van der Waals surface area contributed by atoms with E-state index in [0.717, 1.165) is 40.7 Å². The van der Waals surface area contributed by atoms with Gasteiger partial charge in [0.15, 0.2) is 0 Å². The molecular weight excluding hydrogens is 368 g/mol. The van der Waals surface area contributed by atoms with Crippen molar-refractivity contribution in [1.82, 2.24) is 19.2 Å².